The van der Waals surface area contributed by atoms with E-state index in [1.54, 1.807) is 12.5 Å². The van der Waals surface area contributed by atoms with Crippen LogP contribution in [0.25, 0.3) is 0 Å². The van der Waals surface area contributed by atoms with Gasteiger partial charge in [0.1, 0.15) is 23.9 Å². The number of thiocarbonyl (C=S) groups is 1. The Morgan fingerprint density at radius 3 is 3.06 bits per heavy atom. The van der Waals surface area contributed by atoms with Crippen molar-refractivity contribution in [3.63, 3.8) is 0 Å². The average molecular weight is 258 g/mol. The highest BCUT2D eigenvalue weighted by atomic mass is 32.1. The van der Waals surface area contributed by atoms with Gasteiger partial charge in [0.25, 0.3) is 0 Å². The molecule has 4 nitrogen and oxygen atoms in total. The van der Waals surface area contributed by atoms with Crippen LogP contribution in [-0.4, -0.2) is 38.2 Å². The summed E-state index contributed by atoms with van der Waals surface area (Å²) in [4.78, 5) is 16.2. The van der Waals surface area contributed by atoms with E-state index in [0.717, 1.165) is 40.5 Å². The summed E-state index contributed by atoms with van der Waals surface area (Å²) in [5.41, 5.74) is 3.86. The second-order valence-electron chi connectivity index (χ2n) is 4.48. The van der Waals surface area contributed by atoms with Gasteiger partial charge in [0.15, 0.2) is 0 Å². The predicted octanol–water partition coefficient (Wildman–Crippen LogP) is 1.95. The Hall–Kier alpha value is -1.62. The van der Waals surface area contributed by atoms with Gasteiger partial charge in [-0.1, -0.05) is 19.1 Å². The molecular weight excluding hydrogens is 244 g/mol. The molecule has 92 valence electrons. The number of aromatic nitrogens is 2. The first-order chi connectivity index (χ1) is 8.72. The molecule has 5 heteroatoms. The molecule has 18 heavy (non-hydrogen) atoms. The van der Waals surface area contributed by atoms with Crippen molar-refractivity contribution in [2.75, 3.05) is 6.54 Å². The van der Waals surface area contributed by atoms with E-state index >= 15 is 0 Å². The first kappa shape index (κ1) is 11.5. The van der Waals surface area contributed by atoms with Crippen LogP contribution >= 0.6 is 12.2 Å². The predicted molar refractivity (Wildman–Crippen MR) is 74.8 cm³/mol. The van der Waals surface area contributed by atoms with Gasteiger partial charge in [0, 0.05) is 18.3 Å². The third kappa shape index (κ3) is 1.58. The molecule has 0 amide bonds. The van der Waals surface area contributed by atoms with Gasteiger partial charge in [0.05, 0.1) is 10.6 Å². The zero-order valence-electron chi connectivity index (χ0n) is 10.4. The smallest absolute Gasteiger partial charge is 0.119 e. The van der Waals surface area contributed by atoms with E-state index in [1.165, 1.54) is 0 Å². The highest BCUT2D eigenvalue weighted by Crippen LogP contribution is 2.29. The van der Waals surface area contributed by atoms with Crippen LogP contribution in [0.3, 0.4) is 0 Å². The molecule has 1 aliphatic heterocycles. The first-order valence-electron chi connectivity index (χ1n) is 6.13. The van der Waals surface area contributed by atoms with Crippen LogP contribution in [0.5, 0.6) is 0 Å². The molecule has 0 saturated carbocycles. The second-order valence-corrected chi connectivity index (χ2v) is 4.92. The number of aliphatic imine (C=N–C) groups is 1. The lowest BCUT2D eigenvalue weighted by molar-refractivity contribution is 0.307. The van der Waals surface area contributed by atoms with Gasteiger partial charge in [-0.15, -0.1) is 0 Å². The van der Waals surface area contributed by atoms with Crippen molar-refractivity contribution >= 4 is 22.8 Å². The van der Waals surface area contributed by atoms with Gasteiger partial charge in [0.2, 0.25) is 0 Å². The number of rotatable bonds is 2. The molecule has 0 fully saturated rings. The number of fused-ring (bicyclic) bond motifs is 3. The van der Waals surface area contributed by atoms with E-state index in [-0.39, 0.29) is 6.17 Å². The Morgan fingerprint density at radius 1 is 1.44 bits per heavy atom. The van der Waals surface area contributed by atoms with Gasteiger partial charge in [-0.25, -0.2) is 9.97 Å². The molecule has 2 aliphatic rings. The first-order valence-corrected chi connectivity index (χ1v) is 6.54. The van der Waals surface area contributed by atoms with Crippen LogP contribution in [0, 0.1) is 0 Å². The summed E-state index contributed by atoms with van der Waals surface area (Å²) >= 11 is 5.42. The van der Waals surface area contributed by atoms with Crippen LogP contribution in [0.15, 0.2) is 29.3 Å². The van der Waals surface area contributed by atoms with Gasteiger partial charge >= 0.3 is 0 Å². The Kier molecular flexibility index (Phi) is 2.70. The minimum Gasteiger partial charge on any atom is -0.348 e. The van der Waals surface area contributed by atoms with E-state index in [0.29, 0.717) is 0 Å². The minimum atomic E-state index is 0.162. The van der Waals surface area contributed by atoms with Crippen LogP contribution in [0.2, 0.25) is 0 Å². The van der Waals surface area contributed by atoms with Crippen LogP contribution in [0.4, 0.5) is 0 Å². The molecule has 3 rings (SSSR count). The Labute approximate surface area is 111 Å². The number of hydrogen-bond acceptors (Lipinski definition) is 5. The molecule has 2 heterocycles. The Balaban J connectivity index is 2.12. The Morgan fingerprint density at radius 2 is 2.28 bits per heavy atom. The summed E-state index contributed by atoms with van der Waals surface area (Å²) in [5, 5.41) is 0. The van der Waals surface area contributed by atoms with Crippen molar-refractivity contribution in [2.45, 2.75) is 26.4 Å². The molecule has 1 aliphatic carbocycles. The summed E-state index contributed by atoms with van der Waals surface area (Å²) < 4.78 is 0. The summed E-state index contributed by atoms with van der Waals surface area (Å²) in [6.45, 7) is 5.26. The molecule has 0 spiro atoms. The summed E-state index contributed by atoms with van der Waals surface area (Å²) in [7, 11) is 0. The van der Waals surface area contributed by atoms with Crippen molar-refractivity contribution < 1.29 is 0 Å². The van der Waals surface area contributed by atoms with E-state index in [1.807, 2.05) is 6.08 Å². The maximum atomic E-state index is 5.42. The third-order valence-corrected chi connectivity index (χ3v) is 3.59. The molecular formula is C13H14N4S. The number of hydrogen-bond donors (Lipinski definition) is 0. The standard InChI is InChI=1S/C13H14N4S/c1-3-4-17-8(2)16-13-10(17)5-11(18)9-6-14-7-15-12(9)13/h5-8H,3-4H2,1-2H3. The van der Waals surface area contributed by atoms with Crippen molar-refractivity contribution in [1.82, 2.24) is 14.9 Å². The summed E-state index contributed by atoms with van der Waals surface area (Å²) in [6, 6.07) is 0. The maximum Gasteiger partial charge on any atom is 0.119 e. The topological polar surface area (TPSA) is 41.4 Å². The molecule has 0 bridgehead atoms. The normalized spacial score (nSPS) is 21.3. The molecule has 1 unspecified atom stereocenters. The second kappa shape index (κ2) is 4.24. The quantitative estimate of drug-likeness (QED) is 0.760. The largest absolute Gasteiger partial charge is 0.348 e. The molecule has 1 aromatic heterocycles. The van der Waals surface area contributed by atoms with E-state index in [2.05, 4.69) is 28.7 Å². The zero-order chi connectivity index (χ0) is 12.7. The van der Waals surface area contributed by atoms with Crippen LogP contribution < -0.4 is 0 Å². The fraction of sp³-hybridized carbons (Fsp3) is 0.385. The van der Waals surface area contributed by atoms with E-state index < -0.39 is 0 Å². The van der Waals surface area contributed by atoms with Gasteiger partial charge in [-0.05, 0) is 19.4 Å². The number of allylic oxidation sites excluding steroid dienone is 2. The fourth-order valence-corrected chi connectivity index (χ4v) is 2.70. The highest BCUT2D eigenvalue weighted by Gasteiger charge is 2.33. The number of nitrogens with zero attached hydrogens (tertiary/aromatic N) is 4. The monoisotopic (exact) mass is 258 g/mol. The SMILES string of the molecule is CCCN1C2=CC(=S)c3cncnc3C2=NC1C. The molecule has 0 saturated heterocycles. The summed E-state index contributed by atoms with van der Waals surface area (Å²) in [6.07, 6.45) is 6.61. The average Bonchev–Trinajstić information content (AvgIpc) is 2.68. The minimum absolute atomic E-state index is 0.162. The fourth-order valence-electron chi connectivity index (χ4n) is 2.44. The van der Waals surface area contributed by atoms with Crippen molar-refractivity contribution in [1.29, 1.82) is 0 Å². The van der Waals surface area contributed by atoms with Crippen molar-refractivity contribution in [2.24, 2.45) is 4.99 Å². The van der Waals surface area contributed by atoms with E-state index in [4.69, 9.17) is 17.2 Å². The third-order valence-electron chi connectivity index (χ3n) is 3.25. The molecule has 1 aromatic rings. The summed E-state index contributed by atoms with van der Waals surface area (Å²) in [5.74, 6) is 0. The molecule has 0 radical (unpaired) electrons. The highest BCUT2D eigenvalue weighted by molar-refractivity contribution is 7.81. The Bertz CT molecular complexity index is 576. The lowest BCUT2D eigenvalue weighted by atomic mass is 9.99. The zero-order valence-corrected chi connectivity index (χ0v) is 11.2. The van der Waals surface area contributed by atoms with Crippen molar-refractivity contribution in [3.05, 3.63) is 35.6 Å². The van der Waals surface area contributed by atoms with Crippen LogP contribution in [0.1, 0.15) is 31.5 Å². The van der Waals surface area contributed by atoms with E-state index in [9.17, 15) is 0 Å². The van der Waals surface area contributed by atoms with Crippen molar-refractivity contribution in [3.8, 4) is 0 Å². The molecule has 0 N–H and O–H groups in total. The van der Waals surface area contributed by atoms with Gasteiger partial charge in [-0.3, -0.25) is 4.99 Å². The lowest BCUT2D eigenvalue weighted by Gasteiger charge is -2.25. The lowest BCUT2D eigenvalue weighted by Crippen LogP contribution is -2.30. The van der Waals surface area contributed by atoms with Gasteiger partial charge < -0.3 is 4.90 Å². The molecule has 1 atom stereocenters. The van der Waals surface area contributed by atoms with Crippen LogP contribution in [-0.2, 0) is 0 Å². The maximum absolute atomic E-state index is 5.42. The van der Waals surface area contributed by atoms with Gasteiger partial charge in [-0.2, -0.15) is 0 Å². The molecule has 0 aromatic carbocycles.